The van der Waals surface area contributed by atoms with Crippen LogP contribution in [0.3, 0.4) is 0 Å². The van der Waals surface area contributed by atoms with Crippen LogP contribution in [0.5, 0.6) is 0 Å². The summed E-state index contributed by atoms with van der Waals surface area (Å²) < 4.78 is 5.02. The fourth-order valence-corrected chi connectivity index (χ4v) is 2.28. The Bertz CT molecular complexity index is 418. The zero-order chi connectivity index (χ0) is 11.8. The molecule has 0 atom stereocenters. The van der Waals surface area contributed by atoms with Crippen LogP contribution in [0, 0.1) is 5.92 Å². The number of nitrogens with zero attached hydrogens (tertiary/aromatic N) is 1. The summed E-state index contributed by atoms with van der Waals surface area (Å²) >= 11 is 0. The Hall–Kier alpha value is -1.29. The first-order valence-corrected chi connectivity index (χ1v) is 6.28. The van der Waals surface area contributed by atoms with E-state index in [0.29, 0.717) is 6.04 Å². The average molecular weight is 235 g/mol. The largest absolute Gasteiger partial charge is 0.475 e. The van der Waals surface area contributed by atoms with E-state index in [0.717, 1.165) is 24.6 Å². The monoisotopic (exact) mass is 235 g/mol. The second-order valence-corrected chi connectivity index (χ2v) is 5.18. The number of carboxylic acid groups (broad SMARTS) is 1. The van der Waals surface area contributed by atoms with E-state index in [-0.39, 0.29) is 5.76 Å². The standard InChI is InChI=1S/C13H17NO3/c15-13(16)12-10(5-6-17-12)8-14(11-3-4-11)7-9-1-2-9/h5-6,9,11H,1-4,7-8H2,(H,15,16). The highest BCUT2D eigenvalue weighted by Gasteiger charge is 2.34. The molecule has 1 aromatic rings. The molecule has 0 amide bonds. The molecule has 0 aromatic carbocycles. The number of hydrogen-bond acceptors (Lipinski definition) is 3. The van der Waals surface area contributed by atoms with E-state index in [1.807, 2.05) is 0 Å². The summed E-state index contributed by atoms with van der Waals surface area (Å²) in [4.78, 5) is 13.4. The molecule has 0 spiro atoms. The van der Waals surface area contributed by atoms with Crippen LogP contribution in [0.1, 0.15) is 41.8 Å². The Morgan fingerprint density at radius 3 is 2.76 bits per heavy atom. The molecule has 1 heterocycles. The molecule has 0 saturated heterocycles. The Balaban J connectivity index is 1.69. The lowest BCUT2D eigenvalue weighted by molar-refractivity contribution is 0.0658. The third-order valence-electron chi connectivity index (χ3n) is 3.57. The van der Waals surface area contributed by atoms with Gasteiger partial charge in [0.05, 0.1) is 6.26 Å². The quantitative estimate of drug-likeness (QED) is 0.822. The molecule has 1 aromatic heterocycles. The number of hydrogen-bond donors (Lipinski definition) is 1. The first kappa shape index (κ1) is 10.8. The molecule has 3 rings (SSSR count). The highest BCUT2D eigenvalue weighted by atomic mass is 16.4. The zero-order valence-electron chi connectivity index (χ0n) is 9.76. The first-order chi connectivity index (χ1) is 8.24. The SMILES string of the molecule is O=C(O)c1occc1CN(CC1CC1)C1CC1. The summed E-state index contributed by atoms with van der Waals surface area (Å²) in [5.41, 5.74) is 0.810. The lowest BCUT2D eigenvalue weighted by Crippen LogP contribution is -2.28. The second-order valence-electron chi connectivity index (χ2n) is 5.18. The third kappa shape index (κ3) is 2.52. The molecule has 1 N–H and O–H groups in total. The van der Waals surface area contributed by atoms with Crippen LogP contribution in [0.2, 0.25) is 0 Å². The van der Waals surface area contributed by atoms with Gasteiger partial charge in [0.1, 0.15) is 0 Å². The van der Waals surface area contributed by atoms with Crippen molar-refractivity contribution in [3.8, 4) is 0 Å². The minimum Gasteiger partial charge on any atom is -0.475 e. The van der Waals surface area contributed by atoms with Gasteiger partial charge in [0.25, 0.3) is 0 Å². The van der Waals surface area contributed by atoms with Crippen molar-refractivity contribution >= 4 is 5.97 Å². The van der Waals surface area contributed by atoms with Crippen molar-refractivity contribution in [3.05, 3.63) is 23.7 Å². The maximum absolute atomic E-state index is 11.0. The zero-order valence-corrected chi connectivity index (χ0v) is 9.76. The van der Waals surface area contributed by atoms with E-state index in [9.17, 15) is 4.79 Å². The van der Waals surface area contributed by atoms with Gasteiger partial charge in [0, 0.05) is 24.7 Å². The number of furan rings is 1. The first-order valence-electron chi connectivity index (χ1n) is 6.28. The minimum atomic E-state index is -0.966. The Kier molecular flexibility index (Phi) is 2.67. The average Bonchev–Trinajstić information content (AvgIpc) is 3.17. The van der Waals surface area contributed by atoms with Crippen LogP contribution in [-0.2, 0) is 6.54 Å². The van der Waals surface area contributed by atoms with Crippen LogP contribution in [-0.4, -0.2) is 28.6 Å². The van der Waals surface area contributed by atoms with E-state index in [1.165, 1.54) is 31.9 Å². The lowest BCUT2D eigenvalue weighted by Gasteiger charge is -2.21. The van der Waals surface area contributed by atoms with Crippen molar-refractivity contribution < 1.29 is 14.3 Å². The predicted molar refractivity (Wildman–Crippen MR) is 61.8 cm³/mol. The second kappa shape index (κ2) is 4.18. The van der Waals surface area contributed by atoms with Crippen LogP contribution in [0.15, 0.2) is 16.7 Å². The van der Waals surface area contributed by atoms with E-state index in [4.69, 9.17) is 9.52 Å². The molecule has 2 aliphatic carbocycles. The smallest absolute Gasteiger partial charge is 0.372 e. The summed E-state index contributed by atoms with van der Waals surface area (Å²) in [6.45, 7) is 1.84. The van der Waals surface area contributed by atoms with E-state index < -0.39 is 5.97 Å². The maximum atomic E-state index is 11.0. The predicted octanol–water partition coefficient (Wildman–Crippen LogP) is 2.35. The van der Waals surface area contributed by atoms with Gasteiger partial charge in [-0.2, -0.15) is 0 Å². The highest BCUT2D eigenvalue weighted by Crippen LogP contribution is 2.35. The molecule has 0 aliphatic heterocycles. The van der Waals surface area contributed by atoms with Gasteiger partial charge < -0.3 is 9.52 Å². The summed E-state index contributed by atoms with van der Waals surface area (Å²) in [6.07, 6.45) is 6.65. The molecule has 0 bridgehead atoms. The maximum Gasteiger partial charge on any atom is 0.372 e. The number of carboxylic acids is 1. The van der Waals surface area contributed by atoms with Crippen molar-refractivity contribution in [3.63, 3.8) is 0 Å². The third-order valence-corrected chi connectivity index (χ3v) is 3.57. The van der Waals surface area contributed by atoms with Gasteiger partial charge in [-0.15, -0.1) is 0 Å². The summed E-state index contributed by atoms with van der Waals surface area (Å²) in [7, 11) is 0. The molecule has 17 heavy (non-hydrogen) atoms. The topological polar surface area (TPSA) is 53.7 Å². The normalized spacial score (nSPS) is 19.8. The van der Waals surface area contributed by atoms with Gasteiger partial charge >= 0.3 is 5.97 Å². The van der Waals surface area contributed by atoms with E-state index >= 15 is 0 Å². The minimum absolute atomic E-state index is 0.103. The van der Waals surface area contributed by atoms with Crippen LogP contribution >= 0.6 is 0 Å². The lowest BCUT2D eigenvalue weighted by atomic mass is 10.2. The molecule has 2 aliphatic rings. The van der Waals surface area contributed by atoms with Gasteiger partial charge in [-0.1, -0.05) is 0 Å². The van der Waals surface area contributed by atoms with Crippen LogP contribution < -0.4 is 0 Å². The van der Waals surface area contributed by atoms with Crippen molar-refractivity contribution in [2.24, 2.45) is 5.92 Å². The molecule has 2 fully saturated rings. The van der Waals surface area contributed by atoms with Gasteiger partial charge in [0.15, 0.2) is 0 Å². The van der Waals surface area contributed by atoms with Crippen molar-refractivity contribution in [2.75, 3.05) is 6.54 Å². The van der Waals surface area contributed by atoms with Gasteiger partial charge in [-0.25, -0.2) is 4.79 Å². The molecule has 2 saturated carbocycles. The van der Waals surface area contributed by atoms with E-state index in [1.54, 1.807) is 6.07 Å². The van der Waals surface area contributed by atoms with Crippen LogP contribution in [0.4, 0.5) is 0 Å². The number of carbonyl (C=O) groups is 1. The Morgan fingerprint density at radius 2 is 2.18 bits per heavy atom. The Morgan fingerprint density at radius 1 is 1.41 bits per heavy atom. The number of rotatable bonds is 6. The van der Waals surface area contributed by atoms with Gasteiger partial charge in [-0.3, -0.25) is 4.90 Å². The summed E-state index contributed by atoms with van der Waals surface area (Å²) in [5.74, 6) is -0.0191. The van der Waals surface area contributed by atoms with Gasteiger partial charge in [0.2, 0.25) is 5.76 Å². The molecule has 4 nitrogen and oxygen atoms in total. The molecular formula is C13H17NO3. The molecule has 0 unspecified atom stereocenters. The van der Waals surface area contributed by atoms with Crippen molar-refractivity contribution in [1.29, 1.82) is 0 Å². The molecule has 4 heteroatoms. The van der Waals surface area contributed by atoms with Gasteiger partial charge in [-0.05, 0) is 37.7 Å². The molecule has 0 radical (unpaired) electrons. The molecule has 92 valence electrons. The summed E-state index contributed by atoms with van der Waals surface area (Å²) in [6, 6.07) is 2.46. The van der Waals surface area contributed by atoms with Crippen LogP contribution in [0.25, 0.3) is 0 Å². The fourth-order valence-electron chi connectivity index (χ4n) is 2.28. The molecular weight excluding hydrogens is 218 g/mol. The summed E-state index contributed by atoms with van der Waals surface area (Å²) in [5, 5.41) is 9.00. The van der Waals surface area contributed by atoms with Crippen molar-refractivity contribution in [2.45, 2.75) is 38.3 Å². The number of aromatic carboxylic acids is 1. The highest BCUT2D eigenvalue weighted by molar-refractivity contribution is 5.86. The fraction of sp³-hybridized carbons (Fsp3) is 0.615. The van der Waals surface area contributed by atoms with E-state index in [2.05, 4.69) is 4.90 Å². The van der Waals surface area contributed by atoms with Crippen molar-refractivity contribution in [1.82, 2.24) is 4.90 Å². The Labute approximate surface area is 100 Å².